The monoisotopic (exact) mass is 389 g/mol. The molecule has 4 rings (SSSR count). The molecule has 0 aliphatic rings. The van der Waals surface area contributed by atoms with Crippen molar-refractivity contribution in [1.29, 1.82) is 0 Å². The molecule has 28 heavy (non-hydrogen) atoms. The maximum absolute atomic E-state index is 12.8. The number of pyridine rings is 1. The van der Waals surface area contributed by atoms with Crippen LogP contribution in [0.15, 0.2) is 60.7 Å². The largest absolute Gasteiger partial charge is 0.495 e. The first-order valence-corrected chi connectivity index (χ1v) is 9.59. The van der Waals surface area contributed by atoms with Crippen LogP contribution in [-0.2, 0) is 0 Å². The zero-order chi connectivity index (χ0) is 19.7. The molecule has 0 bridgehead atoms. The molecule has 2 aromatic heterocycles. The number of carbonyl (C=O) groups excluding carboxylic acids is 1. The molecule has 0 unspecified atom stereocenters. The van der Waals surface area contributed by atoms with Crippen LogP contribution in [0.25, 0.3) is 21.5 Å². The number of hydrogen-bond donors (Lipinski definition) is 2. The molecule has 0 saturated heterocycles. The predicted molar refractivity (Wildman–Crippen MR) is 115 cm³/mol. The lowest BCUT2D eigenvalue weighted by molar-refractivity contribution is 0.103. The van der Waals surface area contributed by atoms with Crippen LogP contribution < -0.4 is 15.8 Å². The Morgan fingerprint density at radius 2 is 1.82 bits per heavy atom. The summed E-state index contributed by atoms with van der Waals surface area (Å²) in [6.07, 6.45) is 0. The first-order valence-electron chi connectivity index (χ1n) is 8.77. The number of nitrogens with one attached hydrogen (secondary N) is 1. The highest BCUT2D eigenvalue weighted by atomic mass is 32.1. The number of benzene rings is 2. The lowest BCUT2D eigenvalue weighted by atomic mass is 10.1. The minimum atomic E-state index is -0.276. The van der Waals surface area contributed by atoms with Crippen LogP contribution in [0.4, 0.5) is 11.4 Å². The number of aromatic nitrogens is 1. The number of aryl methyl sites for hydroxylation is 1. The molecule has 0 fully saturated rings. The topological polar surface area (TPSA) is 77.2 Å². The number of thiophene rings is 1. The Balaban J connectivity index is 1.69. The molecule has 140 valence electrons. The fourth-order valence-corrected chi connectivity index (χ4v) is 3.97. The number of rotatable bonds is 4. The van der Waals surface area contributed by atoms with Crippen LogP contribution in [0, 0.1) is 6.92 Å². The Morgan fingerprint density at radius 3 is 2.57 bits per heavy atom. The zero-order valence-corrected chi connectivity index (χ0v) is 16.3. The molecule has 1 amide bonds. The highest BCUT2D eigenvalue weighted by Crippen LogP contribution is 2.35. The third-order valence-electron chi connectivity index (χ3n) is 4.50. The van der Waals surface area contributed by atoms with Crippen molar-refractivity contribution < 1.29 is 9.53 Å². The van der Waals surface area contributed by atoms with Crippen LogP contribution in [0.5, 0.6) is 5.75 Å². The second-order valence-electron chi connectivity index (χ2n) is 6.41. The van der Waals surface area contributed by atoms with E-state index in [0.29, 0.717) is 22.0 Å². The standard InChI is InChI=1S/C22H19N3O2S/c1-13-7-9-14(10-8-13)16-12-11-15-19(23)20(28-22(15)25-16)21(26)24-17-5-3-4-6-18(17)27-2/h3-12H,23H2,1-2H3,(H,24,26). The molecule has 0 radical (unpaired) electrons. The number of nitrogens with zero attached hydrogens (tertiary/aromatic N) is 1. The molecular weight excluding hydrogens is 370 g/mol. The summed E-state index contributed by atoms with van der Waals surface area (Å²) in [6, 6.07) is 19.3. The number of para-hydroxylation sites is 2. The molecule has 0 aliphatic carbocycles. The number of methoxy groups -OCH3 is 1. The second-order valence-corrected chi connectivity index (χ2v) is 7.41. The molecule has 6 heteroatoms. The van der Waals surface area contributed by atoms with Crippen LogP contribution in [-0.4, -0.2) is 18.0 Å². The van der Waals surface area contributed by atoms with Gasteiger partial charge < -0.3 is 15.8 Å². The van der Waals surface area contributed by atoms with E-state index < -0.39 is 0 Å². The van der Waals surface area contributed by atoms with E-state index in [9.17, 15) is 4.79 Å². The van der Waals surface area contributed by atoms with Crippen molar-refractivity contribution >= 4 is 38.8 Å². The predicted octanol–water partition coefficient (Wildman–Crippen LogP) is 5.11. The normalized spacial score (nSPS) is 10.8. The number of hydrogen-bond acceptors (Lipinski definition) is 5. The number of amides is 1. The van der Waals surface area contributed by atoms with E-state index in [4.69, 9.17) is 15.5 Å². The fourth-order valence-electron chi connectivity index (χ4n) is 2.98. The summed E-state index contributed by atoms with van der Waals surface area (Å²) >= 11 is 1.29. The number of ether oxygens (including phenoxy) is 1. The lowest BCUT2D eigenvalue weighted by Crippen LogP contribution is -2.12. The molecule has 3 N–H and O–H groups in total. The minimum Gasteiger partial charge on any atom is -0.495 e. The first kappa shape index (κ1) is 18.0. The average molecular weight is 389 g/mol. The Kier molecular flexibility index (Phi) is 4.71. The van der Waals surface area contributed by atoms with E-state index >= 15 is 0 Å². The molecule has 0 atom stereocenters. The quantitative estimate of drug-likeness (QED) is 0.508. The van der Waals surface area contributed by atoms with E-state index in [1.165, 1.54) is 16.9 Å². The summed E-state index contributed by atoms with van der Waals surface area (Å²) in [6.45, 7) is 2.05. The third kappa shape index (κ3) is 3.30. The van der Waals surface area contributed by atoms with Crippen LogP contribution in [0.3, 0.4) is 0 Å². The highest BCUT2D eigenvalue weighted by molar-refractivity contribution is 7.21. The third-order valence-corrected chi connectivity index (χ3v) is 5.62. The van der Waals surface area contributed by atoms with Gasteiger partial charge >= 0.3 is 0 Å². The van der Waals surface area contributed by atoms with Gasteiger partial charge in [0.1, 0.15) is 15.5 Å². The van der Waals surface area contributed by atoms with Crippen LogP contribution in [0.2, 0.25) is 0 Å². The van der Waals surface area contributed by atoms with Crippen molar-refractivity contribution in [3.05, 3.63) is 71.1 Å². The summed E-state index contributed by atoms with van der Waals surface area (Å²) in [4.78, 5) is 18.7. The molecule has 4 aromatic rings. The molecule has 0 spiro atoms. The van der Waals surface area contributed by atoms with E-state index in [2.05, 4.69) is 17.4 Å². The van der Waals surface area contributed by atoms with Crippen LogP contribution >= 0.6 is 11.3 Å². The van der Waals surface area contributed by atoms with Crippen molar-refractivity contribution in [1.82, 2.24) is 4.98 Å². The number of nitrogens with two attached hydrogens (primary N) is 1. The molecular formula is C22H19N3O2S. The lowest BCUT2D eigenvalue weighted by Gasteiger charge is -2.09. The van der Waals surface area contributed by atoms with Gasteiger partial charge in [-0.1, -0.05) is 42.0 Å². The smallest absolute Gasteiger partial charge is 0.268 e. The average Bonchev–Trinajstić information content (AvgIpc) is 3.05. The summed E-state index contributed by atoms with van der Waals surface area (Å²) in [5.41, 5.74) is 10.4. The van der Waals surface area contributed by atoms with Crippen molar-refractivity contribution in [3.63, 3.8) is 0 Å². The molecule has 5 nitrogen and oxygen atoms in total. The van der Waals surface area contributed by atoms with E-state index in [0.717, 1.165) is 21.5 Å². The van der Waals surface area contributed by atoms with Gasteiger partial charge in [0.25, 0.3) is 5.91 Å². The van der Waals surface area contributed by atoms with Gasteiger partial charge in [0.05, 0.1) is 24.2 Å². The van der Waals surface area contributed by atoms with E-state index in [-0.39, 0.29) is 5.91 Å². The van der Waals surface area contributed by atoms with Crippen molar-refractivity contribution in [2.24, 2.45) is 0 Å². The number of nitrogen functional groups attached to an aromatic ring is 1. The van der Waals surface area contributed by atoms with Gasteiger partial charge in [-0.2, -0.15) is 0 Å². The van der Waals surface area contributed by atoms with E-state index in [1.807, 2.05) is 43.3 Å². The van der Waals surface area contributed by atoms with Gasteiger partial charge in [0.15, 0.2) is 0 Å². The zero-order valence-electron chi connectivity index (χ0n) is 15.5. The van der Waals surface area contributed by atoms with Gasteiger partial charge in [-0.05, 0) is 31.2 Å². The van der Waals surface area contributed by atoms with Crippen molar-refractivity contribution in [2.75, 3.05) is 18.2 Å². The van der Waals surface area contributed by atoms with Gasteiger partial charge in [-0.15, -0.1) is 11.3 Å². The number of carbonyl (C=O) groups is 1. The van der Waals surface area contributed by atoms with Crippen molar-refractivity contribution in [3.8, 4) is 17.0 Å². The minimum absolute atomic E-state index is 0.276. The summed E-state index contributed by atoms with van der Waals surface area (Å²) in [7, 11) is 1.56. The second kappa shape index (κ2) is 7.32. The van der Waals surface area contributed by atoms with Gasteiger partial charge in [-0.25, -0.2) is 4.98 Å². The molecule has 2 aromatic carbocycles. The molecule has 2 heterocycles. The maximum Gasteiger partial charge on any atom is 0.268 e. The summed E-state index contributed by atoms with van der Waals surface area (Å²) in [5.74, 6) is 0.317. The fraction of sp³-hybridized carbons (Fsp3) is 0.0909. The molecule has 0 aliphatic heterocycles. The van der Waals surface area contributed by atoms with Crippen molar-refractivity contribution in [2.45, 2.75) is 6.92 Å². The summed E-state index contributed by atoms with van der Waals surface area (Å²) < 4.78 is 5.29. The SMILES string of the molecule is COc1ccccc1NC(=O)c1sc2nc(-c3ccc(C)cc3)ccc2c1N. The highest BCUT2D eigenvalue weighted by Gasteiger charge is 2.19. The number of anilines is 2. The van der Waals surface area contributed by atoms with Gasteiger partial charge in [0, 0.05) is 10.9 Å². The Morgan fingerprint density at radius 1 is 1.07 bits per heavy atom. The molecule has 0 saturated carbocycles. The van der Waals surface area contributed by atoms with E-state index in [1.54, 1.807) is 19.2 Å². The summed E-state index contributed by atoms with van der Waals surface area (Å²) in [5, 5.41) is 3.65. The van der Waals surface area contributed by atoms with Crippen LogP contribution in [0.1, 0.15) is 15.2 Å². The van der Waals surface area contributed by atoms with Gasteiger partial charge in [0.2, 0.25) is 0 Å². The van der Waals surface area contributed by atoms with Gasteiger partial charge in [-0.3, -0.25) is 4.79 Å². The Labute approximate surface area is 166 Å². The maximum atomic E-state index is 12.8. The Bertz CT molecular complexity index is 1170. The first-order chi connectivity index (χ1) is 13.6. The Hall–Kier alpha value is -3.38. The number of fused-ring (bicyclic) bond motifs is 1.